The van der Waals surface area contributed by atoms with Crippen molar-refractivity contribution in [2.45, 2.75) is 25.1 Å². The van der Waals surface area contributed by atoms with Gasteiger partial charge in [0.2, 0.25) is 0 Å². The molecule has 1 aromatic heterocycles. The van der Waals surface area contributed by atoms with E-state index in [9.17, 15) is 8.42 Å². The second kappa shape index (κ2) is 5.27. The van der Waals surface area contributed by atoms with Crippen LogP contribution in [0.4, 0.5) is 5.69 Å². The van der Waals surface area contributed by atoms with Gasteiger partial charge in [-0.3, -0.25) is 0 Å². The molecule has 0 aliphatic rings. The maximum atomic E-state index is 11.8. The van der Waals surface area contributed by atoms with E-state index in [-0.39, 0.29) is 6.54 Å². The SMILES string of the molecule is CC(C)(Cn1nnnc1-c1ccc(Cl)cc1N)S(C)(=O)=O. The van der Waals surface area contributed by atoms with Gasteiger partial charge in [0.25, 0.3) is 0 Å². The van der Waals surface area contributed by atoms with Crippen molar-refractivity contribution in [3.05, 3.63) is 23.2 Å². The highest BCUT2D eigenvalue weighted by Crippen LogP contribution is 2.28. The van der Waals surface area contributed by atoms with Crippen LogP contribution < -0.4 is 5.73 Å². The summed E-state index contributed by atoms with van der Waals surface area (Å²) in [7, 11) is -3.26. The van der Waals surface area contributed by atoms with Gasteiger partial charge in [0.05, 0.1) is 11.3 Å². The molecule has 1 aromatic carbocycles. The summed E-state index contributed by atoms with van der Waals surface area (Å²) in [5.74, 6) is 0.404. The number of sulfone groups is 1. The third kappa shape index (κ3) is 3.16. The van der Waals surface area contributed by atoms with Crippen LogP contribution in [0.2, 0.25) is 5.02 Å². The van der Waals surface area contributed by atoms with Gasteiger partial charge in [0, 0.05) is 22.5 Å². The van der Waals surface area contributed by atoms with Crippen molar-refractivity contribution >= 4 is 27.1 Å². The predicted molar refractivity (Wildman–Crippen MR) is 81.6 cm³/mol. The number of nitrogens with two attached hydrogens (primary N) is 1. The van der Waals surface area contributed by atoms with Gasteiger partial charge in [-0.2, -0.15) is 0 Å². The van der Waals surface area contributed by atoms with E-state index in [2.05, 4.69) is 15.5 Å². The number of anilines is 1. The molecule has 0 saturated heterocycles. The molecule has 114 valence electrons. The highest BCUT2D eigenvalue weighted by molar-refractivity contribution is 7.92. The van der Waals surface area contributed by atoms with Crippen LogP contribution in [-0.2, 0) is 16.4 Å². The van der Waals surface area contributed by atoms with E-state index in [0.29, 0.717) is 22.1 Å². The van der Waals surface area contributed by atoms with Crippen molar-refractivity contribution in [3.63, 3.8) is 0 Å². The summed E-state index contributed by atoms with van der Waals surface area (Å²) in [6.45, 7) is 3.37. The van der Waals surface area contributed by atoms with Crippen LogP contribution in [0, 0.1) is 0 Å². The minimum Gasteiger partial charge on any atom is -0.398 e. The van der Waals surface area contributed by atoms with Gasteiger partial charge in [0.1, 0.15) is 0 Å². The Hall–Kier alpha value is -1.67. The van der Waals surface area contributed by atoms with Crippen LogP contribution in [0.15, 0.2) is 18.2 Å². The Kier molecular flexibility index (Phi) is 3.94. The predicted octanol–water partition coefficient (Wildman–Crippen LogP) is 1.40. The number of halogens is 1. The number of tetrazole rings is 1. The summed E-state index contributed by atoms with van der Waals surface area (Å²) in [6.07, 6.45) is 1.19. The van der Waals surface area contributed by atoms with E-state index in [1.807, 2.05) is 0 Å². The van der Waals surface area contributed by atoms with Crippen LogP contribution in [0.5, 0.6) is 0 Å². The third-order valence-electron chi connectivity index (χ3n) is 3.32. The van der Waals surface area contributed by atoms with Gasteiger partial charge < -0.3 is 5.73 Å². The molecule has 2 rings (SSSR count). The van der Waals surface area contributed by atoms with E-state index < -0.39 is 14.6 Å². The Bertz CT molecular complexity index is 770. The lowest BCUT2D eigenvalue weighted by atomic mass is 10.1. The van der Waals surface area contributed by atoms with Crippen LogP contribution >= 0.6 is 11.6 Å². The van der Waals surface area contributed by atoms with Gasteiger partial charge >= 0.3 is 0 Å². The molecule has 2 N–H and O–H groups in total. The zero-order chi connectivity index (χ0) is 15.8. The maximum Gasteiger partial charge on any atom is 0.184 e. The molecule has 7 nitrogen and oxygen atoms in total. The van der Waals surface area contributed by atoms with Crippen molar-refractivity contribution in [1.29, 1.82) is 0 Å². The lowest BCUT2D eigenvalue weighted by molar-refractivity contribution is 0.472. The van der Waals surface area contributed by atoms with Gasteiger partial charge in [-0.1, -0.05) is 11.6 Å². The normalized spacial score (nSPS) is 12.6. The lowest BCUT2D eigenvalue weighted by Gasteiger charge is -2.22. The first-order valence-electron chi connectivity index (χ1n) is 6.13. The van der Waals surface area contributed by atoms with Gasteiger partial charge in [-0.15, -0.1) is 5.10 Å². The van der Waals surface area contributed by atoms with Crippen molar-refractivity contribution in [2.24, 2.45) is 0 Å². The summed E-state index contributed by atoms with van der Waals surface area (Å²) < 4.78 is 24.1. The fraction of sp³-hybridized carbons (Fsp3) is 0.417. The largest absolute Gasteiger partial charge is 0.398 e. The fourth-order valence-corrected chi connectivity index (χ4v) is 2.26. The molecule has 0 aliphatic carbocycles. The first-order valence-corrected chi connectivity index (χ1v) is 8.40. The van der Waals surface area contributed by atoms with E-state index in [0.717, 1.165) is 0 Å². The van der Waals surface area contributed by atoms with Crippen LogP contribution in [0.1, 0.15) is 13.8 Å². The number of benzene rings is 1. The van der Waals surface area contributed by atoms with E-state index in [1.54, 1.807) is 32.0 Å². The van der Waals surface area contributed by atoms with Crippen molar-refractivity contribution in [3.8, 4) is 11.4 Å². The quantitative estimate of drug-likeness (QED) is 0.850. The second-order valence-electron chi connectivity index (χ2n) is 5.42. The highest BCUT2D eigenvalue weighted by Gasteiger charge is 2.32. The minimum absolute atomic E-state index is 0.121. The molecule has 21 heavy (non-hydrogen) atoms. The molecule has 2 aromatic rings. The number of rotatable bonds is 4. The summed E-state index contributed by atoms with van der Waals surface area (Å²) in [4.78, 5) is 0. The van der Waals surface area contributed by atoms with Gasteiger partial charge in [-0.05, 0) is 42.5 Å². The fourth-order valence-electron chi connectivity index (χ4n) is 1.72. The average Bonchev–Trinajstić information content (AvgIpc) is 2.75. The summed E-state index contributed by atoms with van der Waals surface area (Å²) in [6, 6.07) is 4.97. The summed E-state index contributed by atoms with van der Waals surface area (Å²) >= 11 is 5.87. The molecule has 0 bridgehead atoms. The van der Waals surface area contributed by atoms with Crippen molar-refractivity contribution in [1.82, 2.24) is 20.2 Å². The molecular formula is C12H16ClN5O2S. The molecule has 0 atom stereocenters. The van der Waals surface area contributed by atoms with E-state index >= 15 is 0 Å². The molecule has 0 aliphatic heterocycles. The van der Waals surface area contributed by atoms with Crippen LogP contribution in [-0.4, -0.2) is 39.6 Å². The summed E-state index contributed by atoms with van der Waals surface area (Å²) in [5, 5.41) is 11.9. The van der Waals surface area contributed by atoms with Crippen LogP contribution in [0.25, 0.3) is 11.4 Å². The lowest BCUT2D eigenvalue weighted by Crippen LogP contribution is -2.36. The van der Waals surface area contributed by atoms with Crippen molar-refractivity contribution in [2.75, 3.05) is 12.0 Å². The topological polar surface area (TPSA) is 104 Å². The molecule has 0 fully saturated rings. The first kappa shape index (κ1) is 15.7. The third-order valence-corrected chi connectivity index (χ3v) is 5.69. The molecule has 0 saturated carbocycles. The molecule has 0 radical (unpaired) electrons. The second-order valence-corrected chi connectivity index (χ2v) is 8.51. The number of hydrogen-bond acceptors (Lipinski definition) is 6. The minimum atomic E-state index is -3.26. The Labute approximate surface area is 128 Å². The monoisotopic (exact) mass is 329 g/mol. The number of hydrogen-bond donors (Lipinski definition) is 1. The standard InChI is InChI=1S/C12H16ClN5O2S/c1-12(2,21(3,19)20)7-18-11(15-16-17-18)9-5-4-8(13)6-10(9)14/h4-6H,7,14H2,1-3H3. The molecular weight excluding hydrogens is 314 g/mol. The molecule has 0 spiro atoms. The Morgan fingerprint density at radius 1 is 1.38 bits per heavy atom. The van der Waals surface area contributed by atoms with E-state index in [1.165, 1.54) is 10.9 Å². The van der Waals surface area contributed by atoms with Gasteiger partial charge in [0.15, 0.2) is 15.7 Å². The van der Waals surface area contributed by atoms with Crippen LogP contribution in [0.3, 0.4) is 0 Å². The zero-order valence-corrected chi connectivity index (χ0v) is 13.5. The number of nitrogen functional groups attached to an aromatic ring is 1. The van der Waals surface area contributed by atoms with Crippen molar-refractivity contribution < 1.29 is 8.42 Å². The number of aromatic nitrogens is 4. The average molecular weight is 330 g/mol. The smallest absolute Gasteiger partial charge is 0.184 e. The van der Waals surface area contributed by atoms with E-state index in [4.69, 9.17) is 17.3 Å². The zero-order valence-electron chi connectivity index (χ0n) is 11.9. The Balaban J connectivity index is 2.44. The maximum absolute atomic E-state index is 11.8. The van der Waals surface area contributed by atoms with Gasteiger partial charge in [-0.25, -0.2) is 13.1 Å². The first-order chi connectivity index (χ1) is 9.62. The Morgan fingerprint density at radius 3 is 2.62 bits per heavy atom. The summed E-state index contributed by atoms with van der Waals surface area (Å²) in [5.41, 5.74) is 6.95. The molecule has 9 heteroatoms. The highest BCUT2D eigenvalue weighted by atomic mass is 35.5. The molecule has 0 unspecified atom stereocenters. The Morgan fingerprint density at radius 2 is 2.05 bits per heavy atom. The molecule has 1 heterocycles. The number of nitrogens with zero attached hydrogens (tertiary/aromatic N) is 4. The molecule has 0 amide bonds.